The van der Waals surface area contributed by atoms with Crippen molar-refractivity contribution in [2.45, 2.75) is 72.1 Å². The van der Waals surface area contributed by atoms with Gasteiger partial charge in [-0.05, 0) is 48.3 Å². The molecular formula is C28H33F3N4O2. The van der Waals surface area contributed by atoms with Crippen LogP contribution in [0.1, 0.15) is 65.4 Å². The molecule has 2 aliphatic carbocycles. The van der Waals surface area contributed by atoms with Crippen molar-refractivity contribution < 1.29 is 23.1 Å². The summed E-state index contributed by atoms with van der Waals surface area (Å²) in [4.78, 5) is 21.2. The standard InChI is InChI=1S/C28H33F3N4O2/c1-16-5-10-22(21-12-18(36)7-9-19(16)21)34-25-13-23(32-15-33-25)20-8-6-17(28(29,30)31)11-24(20)35-26(37)14-27(2,3)4/h6,8,10-11,13,15-16,18,36H,5,7,9,12,14H2,1-4H3,(H,35,37)(H,32,33,34). The first-order valence-electron chi connectivity index (χ1n) is 12.5. The summed E-state index contributed by atoms with van der Waals surface area (Å²) < 4.78 is 40.3. The molecule has 4 rings (SSSR count). The van der Waals surface area contributed by atoms with Crippen LogP contribution in [0.25, 0.3) is 11.3 Å². The van der Waals surface area contributed by atoms with E-state index in [4.69, 9.17) is 0 Å². The van der Waals surface area contributed by atoms with Crippen LogP contribution >= 0.6 is 0 Å². The molecule has 1 amide bonds. The molecule has 0 aliphatic heterocycles. The van der Waals surface area contributed by atoms with Gasteiger partial charge < -0.3 is 15.7 Å². The van der Waals surface area contributed by atoms with Crippen LogP contribution in [-0.2, 0) is 11.0 Å². The summed E-state index contributed by atoms with van der Waals surface area (Å²) in [6.07, 6.45) is 1.70. The number of rotatable bonds is 5. The Morgan fingerprint density at radius 3 is 2.62 bits per heavy atom. The van der Waals surface area contributed by atoms with Crippen LogP contribution in [-0.4, -0.2) is 27.1 Å². The fourth-order valence-corrected chi connectivity index (χ4v) is 4.89. The zero-order valence-electron chi connectivity index (χ0n) is 21.5. The van der Waals surface area contributed by atoms with Gasteiger partial charge in [-0.3, -0.25) is 4.79 Å². The highest BCUT2D eigenvalue weighted by Crippen LogP contribution is 2.40. The molecule has 2 atom stereocenters. The second-order valence-corrected chi connectivity index (χ2v) is 11.1. The summed E-state index contributed by atoms with van der Waals surface area (Å²) in [5.41, 5.74) is 2.93. The number of hydrogen-bond acceptors (Lipinski definition) is 5. The molecule has 6 nitrogen and oxygen atoms in total. The van der Waals surface area contributed by atoms with Crippen molar-refractivity contribution >= 4 is 17.4 Å². The van der Waals surface area contributed by atoms with Gasteiger partial charge in [-0.25, -0.2) is 9.97 Å². The number of aliphatic hydroxyl groups excluding tert-OH is 1. The van der Waals surface area contributed by atoms with Gasteiger partial charge in [-0.15, -0.1) is 0 Å². The number of amides is 1. The minimum absolute atomic E-state index is 0.0415. The van der Waals surface area contributed by atoms with Crippen molar-refractivity contribution in [3.05, 3.63) is 59.1 Å². The highest BCUT2D eigenvalue weighted by molar-refractivity contribution is 5.95. The topological polar surface area (TPSA) is 87.1 Å². The highest BCUT2D eigenvalue weighted by atomic mass is 19.4. The Morgan fingerprint density at radius 2 is 1.92 bits per heavy atom. The van der Waals surface area contributed by atoms with E-state index in [2.05, 4.69) is 33.6 Å². The van der Waals surface area contributed by atoms with Crippen molar-refractivity contribution in [1.82, 2.24) is 9.97 Å². The third kappa shape index (κ3) is 6.57. The molecular weight excluding hydrogens is 481 g/mol. The number of anilines is 2. The van der Waals surface area contributed by atoms with E-state index in [0.717, 1.165) is 42.7 Å². The van der Waals surface area contributed by atoms with Gasteiger partial charge in [0.25, 0.3) is 0 Å². The Kier molecular flexibility index (Phi) is 7.46. The predicted molar refractivity (Wildman–Crippen MR) is 138 cm³/mol. The molecule has 3 N–H and O–H groups in total. The van der Waals surface area contributed by atoms with E-state index in [0.29, 0.717) is 29.4 Å². The Hall–Kier alpha value is -3.20. The fourth-order valence-electron chi connectivity index (χ4n) is 4.89. The van der Waals surface area contributed by atoms with Crippen molar-refractivity contribution in [2.75, 3.05) is 10.6 Å². The van der Waals surface area contributed by atoms with Crippen molar-refractivity contribution in [1.29, 1.82) is 0 Å². The molecule has 1 aromatic carbocycles. The zero-order chi connectivity index (χ0) is 27.0. The van der Waals surface area contributed by atoms with E-state index in [1.54, 1.807) is 6.07 Å². The minimum Gasteiger partial charge on any atom is -0.393 e. The monoisotopic (exact) mass is 514 g/mol. The number of nitrogens with one attached hydrogen (secondary N) is 2. The molecule has 2 aliphatic rings. The lowest BCUT2D eigenvalue weighted by Gasteiger charge is -2.32. The lowest BCUT2D eigenvalue weighted by molar-refractivity contribution is -0.137. The summed E-state index contributed by atoms with van der Waals surface area (Å²) in [5, 5.41) is 16.2. The Bertz CT molecular complexity index is 1240. The Balaban J connectivity index is 1.66. The predicted octanol–water partition coefficient (Wildman–Crippen LogP) is 6.71. The average molecular weight is 515 g/mol. The lowest BCUT2D eigenvalue weighted by Crippen LogP contribution is -2.23. The van der Waals surface area contributed by atoms with Crippen LogP contribution in [0.3, 0.4) is 0 Å². The fraction of sp³-hybridized carbons (Fsp3) is 0.464. The summed E-state index contributed by atoms with van der Waals surface area (Å²) in [5.74, 6) is 0.516. The maximum absolute atomic E-state index is 13.4. The first kappa shape index (κ1) is 26.9. The molecule has 2 unspecified atom stereocenters. The molecule has 1 aromatic heterocycles. The molecule has 2 aromatic rings. The second-order valence-electron chi connectivity index (χ2n) is 11.1. The number of alkyl halides is 3. The number of allylic oxidation sites excluding steroid dienone is 3. The van der Waals surface area contributed by atoms with E-state index < -0.39 is 11.7 Å². The average Bonchev–Trinajstić information content (AvgIpc) is 2.79. The SMILES string of the molecule is CC1CC=C(Nc2cc(-c3ccc(C(F)(F)F)cc3NC(=O)CC(C)(C)C)ncn2)C2=C1CCC(O)C2. The summed E-state index contributed by atoms with van der Waals surface area (Å²) >= 11 is 0. The van der Waals surface area contributed by atoms with Crippen molar-refractivity contribution in [3.63, 3.8) is 0 Å². The van der Waals surface area contributed by atoms with Crippen LogP contribution in [0.15, 0.2) is 53.5 Å². The molecule has 0 spiro atoms. The van der Waals surface area contributed by atoms with Gasteiger partial charge in [0.2, 0.25) is 5.91 Å². The number of carbonyl (C=O) groups excluding carboxylic acids is 1. The molecule has 0 fully saturated rings. The van der Waals surface area contributed by atoms with Crippen molar-refractivity contribution in [2.24, 2.45) is 11.3 Å². The summed E-state index contributed by atoms with van der Waals surface area (Å²) in [6, 6.07) is 4.90. The summed E-state index contributed by atoms with van der Waals surface area (Å²) in [6.45, 7) is 7.84. The van der Waals surface area contributed by atoms with E-state index >= 15 is 0 Å². The second kappa shape index (κ2) is 10.3. The maximum atomic E-state index is 13.4. The van der Waals surface area contributed by atoms with Gasteiger partial charge >= 0.3 is 6.18 Å². The van der Waals surface area contributed by atoms with Gasteiger partial charge in [-0.1, -0.05) is 45.4 Å². The van der Waals surface area contributed by atoms with Gasteiger partial charge in [0.05, 0.1) is 23.0 Å². The quantitative estimate of drug-likeness (QED) is 0.413. The normalized spacial score (nSPS) is 20.3. The minimum atomic E-state index is -4.55. The van der Waals surface area contributed by atoms with Gasteiger partial charge in [-0.2, -0.15) is 13.2 Å². The number of benzene rings is 1. The number of nitrogens with zero attached hydrogens (tertiary/aromatic N) is 2. The van der Waals surface area contributed by atoms with E-state index in [9.17, 15) is 23.1 Å². The third-order valence-electron chi connectivity index (χ3n) is 6.69. The molecule has 198 valence electrons. The molecule has 0 saturated carbocycles. The largest absolute Gasteiger partial charge is 0.416 e. The molecule has 0 radical (unpaired) electrons. The van der Waals surface area contributed by atoms with Gasteiger partial charge in [0.15, 0.2) is 0 Å². The number of aliphatic hydroxyl groups is 1. The Morgan fingerprint density at radius 1 is 1.16 bits per heavy atom. The molecule has 0 saturated heterocycles. The zero-order valence-corrected chi connectivity index (χ0v) is 21.5. The van der Waals surface area contributed by atoms with Crippen molar-refractivity contribution in [3.8, 4) is 11.3 Å². The van der Waals surface area contributed by atoms with E-state index in [-0.39, 0.29) is 29.5 Å². The van der Waals surface area contributed by atoms with Crippen LogP contribution in [0.2, 0.25) is 0 Å². The number of hydrogen-bond donors (Lipinski definition) is 3. The Labute approximate surface area is 215 Å². The molecule has 9 heteroatoms. The van der Waals surface area contributed by atoms with Crippen LogP contribution in [0.4, 0.5) is 24.7 Å². The smallest absolute Gasteiger partial charge is 0.393 e. The summed E-state index contributed by atoms with van der Waals surface area (Å²) in [7, 11) is 0. The first-order chi connectivity index (χ1) is 17.3. The number of aromatic nitrogens is 2. The molecule has 1 heterocycles. The molecule has 37 heavy (non-hydrogen) atoms. The van der Waals surface area contributed by atoms with Crippen LogP contribution < -0.4 is 10.6 Å². The van der Waals surface area contributed by atoms with Crippen LogP contribution in [0.5, 0.6) is 0 Å². The number of halogens is 3. The van der Waals surface area contributed by atoms with E-state index in [1.807, 2.05) is 20.8 Å². The highest BCUT2D eigenvalue weighted by Gasteiger charge is 2.32. The third-order valence-corrected chi connectivity index (χ3v) is 6.69. The lowest BCUT2D eigenvalue weighted by atomic mass is 9.77. The van der Waals surface area contributed by atoms with E-state index in [1.165, 1.54) is 18.0 Å². The van der Waals surface area contributed by atoms with Gasteiger partial charge in [0, 0.05) is 30.2 Å². The van der Waals surface area contributed by atoms with Gasteiger partial charge in [0.1, 0.15) is 12.1 Å². The first-order valence-corrected chi connectivity index (χ1v) is 12.5. The molecule has 0 bridgehead atoms. The maximum Gasteiger partial charge on any atom is 0.416 e. The number of carbonyl (C=O) groups is 1. The van der Waals surface area contributed by atoms with Crippen LogP contribution in [0, 0.1) is 11.3 Å².